The van der Waals surface area contributed by atoms with Gasteiger partial charge in [-0.15, -0.1) is 0 Å². The summed E-state index contributed by atoms with van der Waals surface area (Å²) in [5.41, 5.74) is 1.36. The molecule has 1 aromatic carbocycles. The molecule has 2 aliphatic rings. The average Bonchev–Trinajstić information content (AvgIpc) is 2.78. The third-order valence-corrected chi connectivity index (χ3v) is 5.50. The predicted octanol–water partition coefficient (Wildman–Crippen LogP) is 3.73. The summed E-state index contributed by atoms with van der Waals surface area (Å²) >= 11 is 6.11. The highest BCUT2D eigenvalue weighted by Crippen LogP contribution is 2.34. The van der Waals surface area contributed by atoms with Gasteiger partial charge in [0.1, 0.15) is 0 Å². The van der Waals surface area contributed by atoms with Crippen LogP contribution in [-0.4, -0.2) is 36.6 Å². The number of rotatable bonds is 1. The average molecular weight is 421 g/mol. The van der Waals surface area contributed by atoms with Crippen LogP contribution in [0.3, 0.4) is 0 Å². The van der Waals surface area contributed by atoms with E-state index in [-0.39, 0.29) is 0 Å². The molecule has 3 rings (SSSR count). The van der Waals surface area contributed by atoms with Crippen molar-refractivity contribution in [2.45, 2.75) is 31.8 Å². The van der Waals surface area contributed by atoms with E-state index in [4.69, 9.17) is 0 Å². The Morgan fingerprint density at radius 3 is 3.00 bits per heavy atom. The van der Waals surface area contributed by atoms with Gasteiger partial charge >= 0.3 is 0 Å². The van der Waals surface area contributed by atoms with Crippen molar-refractivity contribution in [3.05, 3.63) is 26.2 Å². The van der Waals surface area contributed by atoms with Gasteiger partial charge in [0.05, 0.1) is 5.69 Å². The highest BCUT2D eigenvalue weighted by Gasteiger charge is 2.34. The van der Waals surface area contributed by atoms with Crippen LogP contribution in [0.25, 0.3) is 0 Å². The van der Waals surface area contributed by atoms with Crippen LogP contribution in [0.2, 0.25) is 0 Å². The van der Waals surface area contributed by atoms with Gasteiger partial charge < -0.3 is 4.90 Å². The van der Waals surface area contributed by atoms with Crippen molar-refractivity contribution in [1.82, 2.24) is 4.90 Å². The molecule has 2 fully saturated rings. The van der Waals surface area contributed by atoms with E-state index >= 15 is 0 Å². The smallest absolute Gasteiger partial charge is 0.0524 e. The number of piperazine rings is 1. The minimum Gasteiger partial charge on any atom is -0.365 e. The van der Waals surface area contributed by atoms with Gasteiger partial charge in [0.2, 0.25) is 0 Å². The molecule has 2 unspecified atom stereocenters. The first kappa shape index (κ1) is 13.2. The zero-order chi connectivity index (χ0) is 12.7. The molecular formula is C14H18BrIN2. The number of anilines is 1. The Bertz CT molecular complexity index is 451. The summed E-state index contributed by atoms with van der Waals surface area (Å²) in [5, 5.41) is 0. The minimum absolute atomic E-state index is 0.605. The Labute approximate surface area is 131 Å². The van der Waals surface area contributed by atoms with E-state index in [2.05, 4.69) is 73.4 Å². The topological polar surface area (TPSA) is 6.48 Å². The summed E-state index contributed by atoms with van der Waals surface area (Å²) in [5.74, 6) is 0. The van der Waals surface area contributed by atoms with Crippen molar-refractivity contribution < 1.29 is 0 Å². The minimum atomic E-state index is 0.605. The molecule has 2 nitrogen and oxygen atoms in total. The van der Waals surface area contributed by atoms with Crippen LogP contribution in [0.15, 0.2) is 22.7 Å². The molecule has 0 spiro atoms. The summed E-state index contributed by atoms with van der Waals surface area (Å²) in [4.78, 5) is 5.25. The lowest BCUT2D eigenvalue weighted by atomic mass is 10.1. The van der Waals surface area contributed by atoms with Gasteiger partial charge in [-0.05, 0) is 83.0 Å². The molecule has 0 amide bonds. The Morgan fingerprint density at radius 1 is 1.33 bits per heavy atom. The second kappa shape index (κ2) is 5.29. The van der Waals surface area contributed by atoms with Crippen LogP contribution in [-0.2, 0) is 0 Å². The lowest BCUT2D eigenvalue weighted by Gasteiger charge is -2.44. The summed E-state index contributed by atoms with van der Waals surface area (Å²) in [7, 11) is 0. The Hall–Kier alpha value is 0.190. The number of hydrogen-bond acceptors (Lipinski definition) is 2. The number of fused-ring (bicyclic) bond motifs is 1. The normalized spacial score (nSPS) is 28.5. The van der Waals surface area contributed by atoms with Crippen LogP contribution in [0, 0.1) is 3.57 Å². The van der Waals surface area contributed by atoms with Crippen molar-refractivity contribution in [3.8, 4) is 0 Å². The Balaban J connectivity index is 1.88. The maximum absolute atomic E-state index is 3.71. The zero-order valence-corrected chi connectivity index (χ0v) is 14.3. The molecule has 2 saturated heterocycles. The fraction of sp³-hybridized carbons (Fsp3) is 0.571. The molecule has 0 radical (unpaired) electrons. The highest BCUT2D eigenvalue weighted by atomic mass is 127. The van der Waals surface area contributed by atoms with E-state index in [0.717, 1.165) is 6.04 Å². The Morgan fingerprint density at radius 2 is 2.17 bits per heavy atom. The van der Waals surface area contributed by atoms with Crippen molar-refractivity contribution in [2.75, 3.05) is 24.5 Å². The largest absolute Gasteiger partial charge is 0.365 e. The SMILES string of the molecule is CC1CN2CCCC2CN1c1cc(I)ccc1Br. The van der Waals surface area contributed by atoms with Gasteiger partial charge in [0.15, 0.2) is 0 Å². The summed E-state index contributed by atoms with van der Waals surface area (Å²) < 4.78 is 2.54. The van der Waals surface area contributed by atoms with E-state index < -0.39 is 0 Å². The van der Waals surface area contributed by atoms with Crippen LogP contribution < -0.4 is 4.90 Å². The number of benzene rings is 1. The molecule has 18 heavy (non-hydrogen) atoms. The van der Waals surface area contributed by atoms with Gasteiger partial charge in [0, 0.05) is 33.2 Å². The summed E-state index contributed by atoms with van der Waals surface area (Å²) in [6.07, 6.45) is 2.74. The van der Waals surface area contributed by atoms with E-state index in [9.17, 15) is 0 Å². The predicted molar refractivity (Wildman–Crippen MR) is 88.3 cm³/mol. The van der Waals surface area contributed by atoms with Crippen molar-refractivity contribution >= 4 is 44.2 Å². The maximum Gasteiger partial charge on any atom is 0.0524 e. The van der Waals surface area contributed by atoms with Crippen LogP contribution in [0.1, 0.15) is 19.8 Å². The molecule has 0 saturated carbocycles. The molecule has 2 heterocycles. The monoisotopic (exact) mass is 420 g/mol. The fourth-order valence-electron chi connectivity index (χ4n) is 3.23. The van der Waals surface area contributed by atoms with Crippen molar-refractivity contribution in [3.63, 3.8) is 0 Å². The quantitative estimate of drug-likeness (QED) is 0.638. The molecule has 4 heteroatoms. The molecule has 98 valence electrons. The van der Waals surface area contributed by atoms with E-state index in [1.54, 1.807) is 0 Å². The van der Waals surface area contributed by atoms with Gasteiger partial charge in [0.25, 0.3) is 0 Å². The fourth-order valence-corrected chi connectivity index (χ4v) is 4.18. The molecule has 0 aliphatic carbocycles. The first-order valence-electron chi connectivity index (χ1n) is 6.61. The van der Waals surface area contributed by atoms with Crippen molar-refractivity contribution in [2.24, 2.45) is 0 Å². The van der Waals surface area contributed by atoms with Crippen LogP contribution in [0.5, 0.6) is 0 Å². The second-order valence-electron chi connectivity index (χ2n) is 5.39. The number of halogens is 2. The summed E-state index contributed by atoms with van der Waals surface area (Å²) in [6, 6.07) is 8.00. The standard InChI is InChI=1S/C14H18BrIN2/c1-10-8-17-6-2-3-12(17)9-18(10)14-7-11(16)4-5-13(14)15/h4-5,7,10,12H,2-3,6,8-9H2,1H3. The molecule has 1 aromatic rings. The zero-order valence-electron chi connectivity index (χ0n) is 10.6. The molecule has 2 aliphatic heterocycles. The van der Waals surface area contributed by atoms with Gasteiger partial charge in [-0.1, -0.05) is 0 Å². The Kier molecular flexibility index (Phi) is 3.87. The lowest BCUT2D eigenvalue weighted by molar-refractivity contribution is 0.203. The van der Waals surface area contributed by atoms with Crippen LogP contribution >= 0.6 is 38.5 Å². The molecule has 0 aromatic heterocycles. The molecule has 0 bridgehead atoms. The first-order chi connectivity index (χ1) is 8.65. The number of nitrogens with zero attached hydrogens (tertiary/aromatic N) is 2. The van der Waals surface area contributed by atoms with Gasteiger partial charge in [-0.3, -0.25) is 4.90 Å². The summed E-state index contributed by atoms with van der Waals surface area (Å²) in [6.45, 7) is 6.04. The molecular weight excluding hydrogens is 403 g/mol. The third kappa shape index (κ3) is 2.43. The number of hydrogen-bond donors (Lipinski definition) is 0. The van der Waals surface area contributed by atoms with E-state index in [1.165, 1.54) is 46.2 Å². The second-order valence-corrected chi connectivity index (χ2v) is 7.49. The third-order valence-electron chi connectivity index (χ3n) is 4.15. The van der Waals surface area contributed by atoms with Gasteiger partial charge in [-0.25, -0.2) is 0 Å². The first-order valence-corrected chi connectivity index (χ1v) is 8.48. The van der Waals surface area contributed by atoms with E-state index in [0.29, 0.717) is 6.04 Å². The molecule has 2 atom stereocenters. The van der Waals surface area contributed by atoms with E-state index in [1.807, 2.05) is 0 Å². The molecule has 0 N–H and O–H groups in total. The van der Waals surface area contributed by atoms with Gasteiger partial charge in [-0.2, -0.15) is 0 Å². The van der Waals surface area contributed by atoms with Crippen molar-refractivity contribution in [1.29, 1.82) is 0 Å². The maximum atomic E-state index is 3.71. The van der Waals surface area contributed by atoms with Crippen LogP contribution in [0.4, 0.5) is 5.69 Å². The highest BCUT2D eigenvalue weighted by molar-refractivity contribution is 14.1. The lowest BCUT2D eigenvalue weighted by Crippen LogP contribution is -2.55.